The number of hydrogen-bond acceptors (Lipinski definition) is 3. The van der Waals surface area contributed by atoms with Crippen molar-refractivity contribution >= 4 is 28.5 Å². The van der Waals surface area contributed by atoms with Gasteiger partial charge < -0.3 is 15.3 Å². The van der Waals surface area contributed by atoms with Gasteiger partial charge in [-0.15, -0.1) is 0 Å². The molecular formula is C23H24ClFN4O2. The summed E-state index contributed by atoms with van der Waals surface area (Å²) in [4.78, 5) is 14.4. The van der Waals surface area contributed by atoms with Crippen molar-refractivity contribution in [2.24, 2.45) is 5.92 Å². The van der Waals surface area contributed by atoms with Crippen LogP contribution in [0.3, 0.4) is 0 Å². The Morgan fingerprint density at radius 2 is 2.00 bits per heavy atom. The van der Waals surface area contributed by atoms with E-state index in [-0.39, 0.29) is 17.8 Å². The van der Waals surface area contributed by atoms with Gasteiger partial charge in [-0.05, 0) is 55.5 Å². The van der Waals surface area contributed by atoms with Crippen LogP contribution in [0.5, 0.6) is 0 Å². The number of nitrogens with one attached hydrogen (secondary N) is 1. The van der Waals surface area contributed by atoms with Gasteiger partial charge in [0.1, 0.15) is 11.9 Å². The lowest BCUT2D eigenvalue weighted by molar-refractivity contribution is -0.0116. The Kier molecular flexibility index (Phi) is 4.90. The monoisotopic (exact) mass is 442 g/mol. The van der Waals surface area contributed by atoms with Gasteiger partial charge in [-0.3, -0.25) is 4.68 Å². The van der Waals surface area contributed by atoms with Crippen molar-refractivity contribution < 1.29 is 14.3 Å². The average molecular weight is 443 g/mol. The summed E-state index contributed by atoms with van der Waals surface area (Å²) >= 11 is 6.24. The lowest BCUT2D eigenvalue weighted by Gasteiger charge is -2.42. The molecule has 0 aliphatic carbocycles. The van der Waals surface area contributed by atoms with Crippen LogP contribution in [0.25, 0.3) is 10.9 Å². The van der Waals surface area contributed by atoms with Crippen molar-refractivity contribution in [1.29, 1.82) is 0 Å². The molecule has 2 amide bonds. The first-order chi connectivity index (χ1) is 14.9. The first-order valence-corrected chi connectivity index (χ1v) is 10.9. The average Bonchev–Trinajstić information content (AvgIpc) is 3.29. The molecule has 1 saturated heterocycles. The predicted octanol–water partition coefficient (Wildman–Crippen LogP) is 4.21. The summed E-state index contributed by atoms with van der Waals surface area (Å²) in [6, 6.07) is 9.68. The molecule has 3 aromatic rings. The molecule has 8 heteroatoms. The zero-order valence-corrected chi connectivity index (χ0v) is 17.9. The maximum atomic E-state index is 13.0. The van der Waals surface area contributed by atoms with Gasteiger partial charge in [-0.1, -0.05) is 23.7 Å². The smallest absolute Gasteiger partial charge is 0.317 e. The summed E-state index contributed by atoms with van der Waals surface area (Å²) < 4.78 is 15.0. The number of aliphatic hydroxyl groups excluding tert-OH is 1. The number of piperidine rings is 1. The first-order valence-electron chi connectivity index (χ1n) is 10.5. The zero-order valence-electron chi connectivity index (χ0n) is 17.2. The lowest BCUT2D eigenvalue weighted by atomic mass is 9.75. The third-order valence-electron chi connectivity index (χ3n) is 6.93. The number of rotatable bonds is 3. The number of benzene rings is 2. The van der Waals surface area contributed by atoms with Gasteiger partial charge in [0, 0.05) is 35.6 Å². The van der Waals surface area contributed by atoms with E-state index in [2.05, 4.69) is 10.4 Å². The van der Waals surface area contributed by atoms with Crippen LogP contribution in [-0.4, -0.2) is 38.9 Å². The molecule has 31 heavy (non-hydrogen) atoms. The van der Waals surface area contributed by atoms with E-state index in [1.165, 1.54) is 12.1 Å². The summed E-state index contributed by atoms with van der Waals surface area (Å²) in [5, 5.41) is 20.2. The van der Waals surface area contributed by atoms with E-state index in [0.717, 1.165) is 34.9 Å². The largest absolute Gasteiger partial charge is 0.386 e. The Bertz CT molecular complexity index is 1140. The van der Waals surface area contributed by atoms with E-state index in [0.29, 0.717) is 24.7 Å². The Morgan fingerprint density at radius 1 is 1.29 bits per heavy atom. The Balaban J connectivity index is 1.26. The van der Waals surface area contributed by atoms with Gasteiger partial charge in [0.15, 0.2) is 0 Å². The van der Waals surface area contributed by atoms with E-state index < -0.39 is 11.6 Å². The first kappa shape index (κ1) is 20.3. The lowest BCUT2D eigenvalue weighted by Crippen LogP contribution is -2.50. The van der Waals surface area contributed by atoms with Crippen LogP contribution in [-0.2, 0) is 12.1 Å². The number of carbonyl (C=O) groups is 1. The molecular weight excluding hydrogens is 419 g/mol. The van der Waals surface area contributed by atoms with E-state index in [4.69, 9.17) is 11.6 Å². The minimum absolute atomic E-state index is 0.128. The molecule has 162 valence electrons. The normalized spacial score (nSPS) is 23.5. The van der Waals surface area contributed by atoms with Crippen LogP contribution in [0.1, 0.15) is 37.0 Å². The fraction of sp³-hybridized carbons (Fsp3) is 0.391. The maximum Gasteiger partial charge on any atom is 0.317 e. The van der Waals surface area contributed by atoms with Gasteiger partial charge in [-0.2, -0.15) is 5.10 Å². The summed E-state index contributed by atoms with van der Waals surface area (Å²) in [6.45, 7) is 3.61. The minimum Gasteiger partial charge on any atom is -0.386 e. The molecule has 2 atom stereocenters. The zero-order chi connectivity index (χ0) is 21.8. The molecule has 5 rings (SSSR count). The van der Waals surface area contributed by atoms with Crippen molar-refractivity contribution in [3.8, 4) is 0 Å². The standard InChI is InChI=1S/C23H24ClFN4O2/c1-23(21(30)19-11-17(24)10-15-13-27-29(23)20(15)19)16-6-8-28(9-7-16)22(31)26-12-14-2-4-18(25)5-3-14/h2-5,10-11,13,16,21,30H,6-9,12H2,1H3,(H,26,31)/t21-,23?/m1/s1. The molecule has 2 aromatic carbocycles. The Morgan fingerprint density at radius 3 is 2.71 bits per heavy atom. The quantitative estimate of drug-likeness (QED) is 0.638. The van der Waals surface area contributed by atoms with E-state index in [1.807, 2.05) is 23.7 Å². The van der Waals surface area contributed by atoms with Crippen molar-refractivity contribution in [2.75, 3.05) is 13.1 Å². The molecule has 0 radical (unpaired) electrons. The summed E-state index contributed by atoms with van der Waals surface area (Å²) in [6.07, 6.45) is 2.63. The molecule has 0 saturated carbocycles. The second kappa shape index (κ2) is 7.50. The molecule has 1 aromatic heterocycles. The molecule has 0 bridgehead atoms. The summed E-state index contributed by atoms with van der Waals surface area (Å²) in [5.74, 6) is -0.128. The van der Waals surface area contributed by atoms with Crippen LogP contribution in [0, 0.1) is 11.7 Å². The van der Waals surface area contributed by atoms with Crippen molar-refractivity contribution in [3.63, 3.8) is 0 Å². The highest BCUT2D eigenvalue weighted by atomic mass is 35.5. The molecule has 1 unspecified atom stereocenters. The van der Waals surface area contributed by atoms with Gasteiger partial charge in [0.05, 0.1) is 17.3 Å². The van der Waals surface area contributed by atoms with Crippen molar-refractivity contribution in [2.45, 2.75) is 38.0 Å². The van der Waals surface area contributed by atoms with Gasteiger partial charge in [0.25, 0.3) is 0 Å². The van der Waals surface area contributed by atoms with E-state index in [1.54, 1.807) is 23.2 Å². The van der Waals surface area contributed by atoms with E-state index in [9.17, 15) is 14.3 Å². The number of hydrogen-bond donors (Lipinski definition) is 2. The summed E-state index contributed by atoms with van der Waals surface area (Å²) in [7, 11) is 0. The number of aliphatic hydroxyl groups is 1. The SMILES string of the molecule is CC1(C2CCN(C(=O)NCc3ccc(F)cc3)CC2)[C@H](O)c2cc(Cl)cc3cnn1c23. The molecule has 6 nitrogen and oxygen atoms in total. The number of carbonyl (C=O) groups excluding carboxylic acids is 1. The second-order valence-electron chi connectivity index (χ2n) is 8.66. The third-order valence-corrected chi connectivity index (χ3v) is 7.15. The maximum absolute atomic E-state index is 13.0. The minimum atomic E-state index is -0.693. The van der Waals surface area contributed by atoms with Crippen LogP contribution in [0.15, 0.2) is 42.6 Å². The highest BCUT2D eigenvalue weighted by Crippen LogP contribution is 2.51. The highest BCUT2D eigenvalue weighted by Gasteiger charge is 2.50. The fourth-order valence-corrected chi connectivity index (χ4v) is 5.36. The number of likely N-dealkylation sites (tertiary alicyclic amines) is 1. The number of amides is 2. The fourth-order valence-electron chi connectivity index (χ4n) is 5.12. The van der Waals surface area contributed by atoms with Gasteiger partial charge in [-0.25, -0.2) is 9.18 Å². The number of nitrogens with zero attached hydrogens (tertiary/aromatic N) is 3. The van der Waals surface area contributed by atoms with Gasteiger partial charge >= 0.3 is 6.03 Å². The van der Waals surface area contributed by atoms with E-state index >= 15 is 0 Å². The van der Waals surface area contributed by atoms with Crippen molar-refractivity contribution in [3.05, 3.63) is 64.6 Å². The van der Waals surface area contributed by atoms with Crippen LogP contribution in [0.2, 0.25) is 5.02 Å². The summed E-state index contributed by atoms with van der Waals surface area (Å²) in [5.41, 5.74) is 2.04. The predicted molar refractivity (Wildman–Crippen MR) is 116 cm³/mol. The molecule has 3 heterocycles. The Labute approximate surface area is 184 Å². The van der Waals surface area contributed by atoms with Gasteiger partial charge in [0.2, 0.25) is 0 Å². The topological polar surface area (TPSA) is 70.4 Å². The molecule has 1 fully saturated rings. The van der Waals surface area contributed by atoms with Crippen LogP contribution in [0.4, 0.5) is 9.18 Å². The van der Waals surface area contributed by atoms with Crippen molar-refractivity contribution in [1.82, 2.24) is 20.0 Å². The number of aromatic nitrogens is 2. The molecule has 2 aliphatic heterocycles. The number of urea groups is 1. The molecule has 2 N–H and O–H groups in total. The second-order valence-corrected chi connectivity index (χ2v) is 9.10. The Hall–Kier alpha value is -2.64. The highest BCUT2D eigenvalue weighted by molar-refractivity contribution is 6.31. The van der Waals surface area contributed by atoms with Crippen LogP contribution < -0.4 is 5.32 Å². The van der Waals surface area contributed by atoms with Crippen LogP contribution >= 0.6 is 11.6 Å². The molecule has 0 spiro atoms. The molecule has 2 aliphatic rings. The number of halogens is 2. The third kappa shape index (κ3) is 3.27.